The zero-order valence-electron chi connectivity index (χ0n) is 12.1. The Kier molecular flexibility index (Phi) is 6.80. The molecule has 2 nitrogen and oxygen atoms in total. The smallest absolute Gasteiger partial charge is 0.134 e. The SMILES string of the molecule is C=C/C(=C\C=C(\C)N)c1ccc(CCCCCC)o1. The lowest BCUT2D eigenvalue weighted by molar-refractivity contribution is 0.485. The van der Waals surface area contributed by atoms with Gasteiger partial charge < -0.3 is 10.2 Å². The molecular weight excluding hydrogens is 234 g/mol. The van der Waals surface area contributed by atoms with Crippen molar-refractivity contribution in [3.05, 3.63) is 54.2 Å². The van der Waals surface area contributed by atoms with E-state index < -0.39 is 0 Å². The summed E-state index contributed by atoms with van der Waals surface area (Å²) in [4.78, 5) is 0. The Hall–Kier alpha value is -1.70. The van der Waals surface area contributed by atoms with E-state index in [4.69, 9.17) is 10.2 Å². The molecule has 1 heterocycles. The number of rotatable bonds is 8. The van der Waals surface area contributed by atoms with E-state index in [1.807, 2.05) is 25.1 Å². The van der Waals surface area contributed by atoms with Gasteiger partial charge in [-0.25, -0.2) is 0 Å². The molecule has 0 aliphatic carbocycles. The Morgan fingerprint density at radius 2 is 2.05 bits per heavy atom. The van der Waals surface area contributed by atoms with Crippen molar-refractivity contribution < 1.29 is 4.42 Å². The van der Waals surface area contributed by atoms with Crippen LogP contribution in [0.15, 0.2) is 47.1 Å². The summed E-state index contributed by atoms with van der Waals surface area (Å²) in [6.45, 7) is 7.89. The van der Waals surface area contributed by atoms with E-state index in [1.165, 1.54) is 25.7 Å². The van der Waals surface area contributed by atoms with Crippen molar-refractivity contribution in [2.75, 3.05) is 0 Å². The van der Waals surface area contributed by atoms with Gasteiger partial charge in [0.05, 0.1) is 0 Å². The van der Waals surface area contributed by atoms with Crippen molar-refractivity contribution in [3.8, 4) is 0 Å². The third-order valence-corrected chi connectivity index (χ3v) is 2.97. The maximum Gasteiger partial charge on any atom is 0.134 e. The van der Waals surface area contributed by atoms with Gasteiger partial charge >= 0.3 is 0 Å². The summed E-state index contributed by atoms with van der Waals surface area (Å²) in [5.74, 6) is 1.91. The van der Waals surface area contributed by atoms with Gasteiger partial charge in [0.15, 0.2) is 0 Å². The van der Waals surface area contributed by atoms with Crippen molar-refractivity contribution in [3.63, 3.8) is 0 Å². The van der Waals surface area contributed by atoms with Gasteiger partial charge in [-0.1, -0.05) is 38.8 Å². The Labute approximate surface area is 116 Å². The van der Waals surface area contributed by atoms with Crippen LogP contribution in [0.5, 0.6) is 0 Å². The van der Waals surface area contributed by atoms with Crippen molar-refractivity contribution in [1.82, 2.24) is 0 Å². The van der Waals surface area contributed by atoms with Crippen LogP contribution in [0.3, 0.4) is 0 Å². The quantitative estimate of drug-likeness (QED) is 0.536. The van der Waals surface area contributed by atoms with Gasteiger partial charge in [0.1, 0.15) is 11.5 Å². The third-order valence-electron chi connectivity index (χ3n) is 2.97. The molecule has 0 atom stereocenters. The van der Waals surface area contributed by atoms with E-state index in [-0.39, 0.29) is 0 Å². The molecule has 104 valence electrons. The number of aryl methyl sites for hydroxylation is 1. The molecule has 0 spiro atoms. The molecule has 1 rings (SSSR count). The van der Waals surface area contributed by atoms with E-state index in [9.17, 15) is 0 Å². The molecule has 0 radical (unpaired) electrons. The molecule has 19 heavy (non-hydrogen) atoms. The molecule has 2 heteroatoms. The average molecular weight is 259 g/mol. The van der Waals surface area contributed by atoms with Gasteiger partial charge in [0.2, 0.25) is 0 Å². The first-order valence-electron chi connectivity index (χ1n) is 7.03. The van der Waals surface area contributed by atoms with E-state index in [1.54, 1.807) is 6.08 Å². The predicted octanol–water partition coefficient (Wildman–Crippen LogP) is 4.83. The lowest BCUT2D eigenvalue weighted by atomic mass is 10.1. The first-order chi connectivity index (χ1) is 9.17. The van der Waals surface area contributed by atoms with Crippen LogP contribution in [0.4, 0.5) is 0 Å². The molecule has 0 bridgehead atoms. The first kappa shape index (κ1) is 15.4. The summed E-state index contributed by atoms with van der Waals surface area (Å²) < 4.78 is 5.84. The van der Waals surface area contributed by atoms with Crippen LogP contribution in [-0.4, -0.2) is 0 Å². The molecule has 0 unspecified atom stereocenters. The molecule has 2 N–H and O–H groups in total. The van der Waals surface area contributed by atoms with Crippen molar-refractivity contribution in [2.24, 2.45) is 5.73 Å². The molecule has 0 aromatic carbocycles. The van der Waals surface area contributed by atoms with Crippen LogP contribution in [0.25, 0.3) is 5.57 Å². The van der Waals surface area contributed by atoms with Crippen LogP contribution < -0.4 is 5.73 Å². The Balaban J connectivity index is 2.64. The van der Waals surface area contributed by atoms with Crippen LogP contribution in [0.1, 0.15) is 51.1 Å². The molecule has 0 aliphatic heterocycles. The highest BCUT2D eigenvalue weighted by Gasteiger charge is 2.04. The fourth-order valence-corrected chi connectivity index (χ4v) is 1.87. The van der Waals surface area contributed by atoms with E-state index in [0.29, 0.717) is 0 Å². The lowest BCUT2D eigenvalue weighted by Gasteiger charge is -1.99. The van der Waals surface area contributed by atoms with Crippen LogP contribution in [0.2, 0.25) is 0 Å². The summed E-state index contributed by atoms with van der Waals surface area (Å²) in [6, 6.07) is 4.06. The first-order valence-corrected chi connectivity index (χ1v) is 7.03. The zero-order chi connectivity index (χ0) is 14.1. The summed E-state index contributed by atoms with van der Waals surface area (Å²) >= 11 is 0. The van der Waals surface area contributed by atoms with Gasteiger partial charge in [0, 0.05) is 17.7 Å². The second kappa shape index (κ2) is 8.41. The number of allylic oxidation sites excluding steroid dienone is 5. The molecule has 1 aromatic heterocycles. The van der Waals surface area contributed by atoms with E-state index >= 15 is 0 Å². The molecule has 1 aromatic rings. The fraction of sp³-hybridized carbons (Fsp3) is 0.412. The molecule has 0 saturated carbocycles. The predicted molar refractivity (Wildman–Crippen MR) is 82.7 cm³/mol. The molecule has 0 saturated heterocycles. The highest BCUT2D eigenvalue weighted by atomic mass is 16.3. The summed E-state index contributed by atoms with van der Waals surface area (Å²) in [7, 11) is 0. The second-order valence-corrected chi connectivity index (χ2v) is 4.81. The fourth-order valence-electron chi connectivity index (χ4n) is 1.87. The number of unbranched alkanes of at least 4 members (excludes halogenated alkanes) is 3. The van der Waals surface area contributed by atoms with Crippen molar-refractivity contribution >= 4 is 5.57 Å². The molecule has 0 fully saturated rings. The Morgan fingerprint density at radius 3 is 2.68 bits per heavy atom. The summed E-state index contributed by atoms with van der Waals surface area (Å²) in [5, 5.41) is 0. The second-order valence-electron chi connectivity index (χ2n) is 4.81. The van der Waals surface area contributed by atoms with Crippen molar-refractivity contribution in [2.45, 2.75) is 46.0 Å². The van der Waals surface area contributed by atoms with Crippen molar-refractivity contribution in [1.29, 1.82) is 0 Å². The Bertz CT molecular complexity index is 448. The minimum atomic E-state index is 0.769. The van der Waals surface area contributed by atoms with Crippen LogP contribution in [0, 0.1) is 0 Å². The standard InChI is InChI=1S/C17H25NO/c1-4-6-7-8-9-16-12-13-17(19-16)15(5-2)11-10-14(3)18/h5,10-13H,2,4,6-9,18H2,1,3H3/b14-10-,15-11+. The van der Waals surface area contributed by atoms with Gasteiger partial charge in [-0.05, 0) is 37.6 Å². The van der Waals surface area contributed by atoms with Crippen LogP contribution >= 0.6 is 0 Å². The monoisotopic (exact) mass is 259 g/mol. The van der Waals surface area contributed by atoms with E-state index in [2.05, 4.69) is 19.6 Å². The van der Waals surface area contributed by atoms with Gasteiger partial charge in [-0.3, -0.25) is 0 Å². The highest BCUT2D eigenvalue weighted by Crippen LogP contribution is 2.20. The van der Waals surface area contributed by atoms with Gasteiger partial charge in [-0.2, -0.15) is 0 Å². The maximum atomic E-state index is 5.84. The number of nitrogens with two attached hydrogens (primary N) is 1. The van der Waals surface area contributed by atoms with E-state index in [0.717, 1.165) is 29.2 Å². The summed E-state index contributed by atoms with van der Waals surface area (Å²) in [5.41, 5.74) is 7.36. The van der Waals surface area contributed by atoms with Gasteiger partial charge in [-0.15, -0.1) is 0 Å². The van der Waals surface area contributed by atoms with Crippen LogP contribution in [-0.2, 0) is 6.42 Å². The number of hydrogen-bond acceptors (Lipinski definition) is 2. The third kappa shape index (κ3) is 5.64. The zero-order valence-corrected chi connectivity index (χ0v) is 12.1. The topological polar surface area (TPSA) is 39.2 Å². The Morgan fingerprint density at radius 1 is 1.26 bits per heavy atom. The minimum Gasteiger partial charge on any atom is -0.461 e. The molecule has 0 aliphatic rings. The molecular formula is C17H25NO. The maximum absolute atomic E-state index is 5.84. The number of furan rings is 1. The summed E-state index contributed by atoms with van der Waals surface area (Å²) in [6.07, 6.45) is 11.6. The number of hydrogen-bond donors (Lipinski definition) is 1. The molecule has 0 amide bonds. The minimum absolute atomic E-state index is 0.769. The highest BCUT2D eigenvalue weighted by molar-refractivity contribution is 5.71. The largest absolute Gasteiger partial charge is 0.461 e. The normalized spacial score (nSPS) is 12.7. The average Bonchev–Trinajstić information content (AvgIpc) is 2.84. The lowest BCUT2D eigenvalue weighted by Crippen LogP contribution is -1.88. The van der Waals surface area contributed by atoms with Gasteiger partial charge in [0.25, 0.3) is 0 Å².